The van der Waals surface area contributed by atoms with Crippen LogP contribution in [0, 0.1) is 0 Å². The molecular formula is C27H28Cl2N2O3. The molecule has 1 heterocycles. The molecule has 2 N–H and O–H groups in total. The number of nitrogens with zero attached hydrogens (tertiary/aromatic N) is 1. The number of hydrogen-bond donors (Lipinski definition) is 1. The summed E-state index contributed by atoms with van der Waals surface area (Å²) in [5, 5.41) is 1.27. The van der Waals surface area contributed by atoms with E-state index in [0.717, 1.165) is 23.1 Å². The first-order chi connectivity index (χ1) is 16.4. The van der Waals surface area contributed by atoms with Gasteiger partial charge >= 0.3 is 0 Å². The zero-order chi connectivity index (χ0) is 24.2. The van der Waals surface area contributed by atoms with Gasteiger partial charge in [-0.15, -0.1) is 0 Å². The number of carbonyl (C=O) groups is 1. The minimum absolute atomic E-state index is 0.103. The summed E-state index contributed by atoms with van der Waals surface area (Å²) in [4.78, 5) is 14.9. The Morgan fingerprint density at radius 2 is 1.68 bits per heavy atom. The molecule has 7 heteroatoms. The van der Waals surface area contributed by atoms with E-state index in [2.05, 4.69) is 4.90 Å². The second kappa shape index (κ2) is 10.7. The molecule has 1 amide bonds. The van der Waals surface area contributed by atoms with Gasteiger partial charge in [-0.2, -0.15) is 0 Å². The summed E-state index contributed by atoms with van der Waals surface area (Å²) < 4.78 is 11.1. The van der Waals surface area contributed by atoms with Gasteiger partial charge < -0.3 is 15.2 Å². The number of benzene rings is 3. The number of hydrogen-bond acceptors (Lipinski definition) is 4. The molecule has 34 heavy (non-hydrogen) atoms. The Hall–Kier alpha value is -2.73. The normalized spacial score (nSPS) is 16.5. The number of halogens is 2. The SMILES string of the molecule is COc1cc2c(cc1OC)[C@H](CCc1c(Cl)cccc1Cl)N(C(C(N)=O)c1ccccc1)CC2. The molecule has 0 aliphatic carbocycles. The van der Waals surface area contributed by atoms with Crippen molar-refractivity contribution in [3.63, 3.8) is 0 Å². The number of amides is 1. The number of methoxy groups -OCH3 is 2. The van der Waals surface area contributed by atoms with E-state index in [0.29, 0.717) is 40.9 Å². The minimum atomic E-state index is -0.561. The van der Waals surface area contributed by atoms with Crippen molar-refractivity contribution in [2.75, 3.05) is 20.8 Å². The van der Waals surface area contributed by atoms with Crippen molar-refractivity contribution in [1.29, 1.82) is 0 Å². The zero-order valence-electron chi connectivity index (χ0n) is 19.3. The van der Waals surface area contributed by atoms with Gasteiger partial charge in [0.25, 0.3) is 0 Å². The van der Waals surface area contributed by atoms with Crippen molar-refractivity contribution in [3.05, 3.63) is 93.0 Å². The fourth-order valence-corrected chi connectivity index (χ4v) is 5.47. The van der Waals surface area contributed by atoms with Crippen molar-refractivity contribution in [2.45, 2.75) is 31.3 Å². The van der Waals surface area contributed by atoms with Crippen LogP contribution in [0.3, 0.4) is 0 Å². The summed E-state index contributed by atoms with van der Waals surface area (Å²) in [5.74, 6) is 0.965. The van der Waals surface area contributed by atoms with Crippen LogP contribution in [0.5, 0.6) is 11.5 Å². The first kappa shape index (κ1) is 24.4. The molecule has 2 atom stereocenters. The molecule has 3 aromatic rings. The Labute approximate surface area is 210 Å². The molecule has 1 aliphatic rings. The molecule has 4 rings (SSSR count). The van der Waals surface area contributed by atoms with E-state index in [1.165, 1.54) is 5.56 Å². The van der Waals surface area contributed by atoms with Crippen molar-refractivity contribution in [3.8, 4) is 11.5 Å². The van der Waals surface area contributed by atoms with Gasteiger partial charge in [-0.25, -0.2) is 0 Å². The summed E-state index contributed by atoms with van der Waals surface area (Å²) >= 11 is 12.9. The van der Waals surface area contributed by atoms with E-state index in [1.54, 1.807) is 14.2 Å². The molecule has 3 aromatic carbocycles. The van der Waals surface area contributed by atoms with Crippen LogP contribution in [-0.2, 0) is 17.6 Å². The predicted molar refractivity (Wildman–Crippen MR) is 136 cm³/mol. The van der Waals surface area contributed by atoms with E-state index < -0.39 is 6.04 Å². The maximum absolute atomic E-state index is 12.8. The highest BCUT2D eigenvalue weighted by molar-refractivity contribution is 6.35. The Morgan fingerprint density at radius 1 is 1.03 bits per heavy atom. The molecule has 0 saturated heterocycles. The molecule has 1 aliphatic heterocycles. The lowest BCUT2D eigenvalue weighted by molar-refractivity contribution is -0.124. The maximum Gasteiger partial charge on any atom is 0.239 e. The Morgan fingerprint density at radius 3 is 2.29 bits per heavy atom. The Kier molecular flexibility index (Phi) is 7.67. The van der Waals surface area contributed by atoms with Gasteiger partial charge in [-0.3, -0.25) is 9.69 Å². The second-order valence-electron chi connectivity index (χ2n) is 8.36. The second-order valence-corrected chi connectivity index (χ2v) is 9.18. The number of primary amides is 1. The van der Waals surface area contributed by atoms with E-state index in [-0.39, 0.29) is 11.9 Å². The monoisotopic (exact) mass is 498 g/mol. The average molecular weight is 499 g/mol. The smallest absolute Gasteiger partial charge is 0.239 e. The number of rotatable bonds is 8. The standard InChI is InChI=1S/C27H28Cl2N2O3/c1-33-24-15-18-13-14-31(26(27(30)32)17-7-4-3-5-8-17)23(20(18)16-25(24)34-2)12-11-19-21(28)9-6-10-22(19)29/h3-10,15-16,23,26H,11-14H2,1-2H3,(H2,30,32)/t23-,26?/m0/s1. The maximum atomic E-state index is 12.8. The van der Waals surface area contributed by atoms with Gasteiger partial charge in [0.05, 0.1) is 14.2 Å². The quantitative estimate of drug-likeness (QED) is 0.428. The highest BCUT2D eigenvalue weighted by atomic mass is 35.5. The lowest BCUT2D eigenvalue weighted by Gasteiger charge is -2.41. The molecule has 0 saturated carbocycles. The van der Waals surface area contributed by atoms with E-state index in [1.807, 2.05) is 60.7 Å². The van der Waals surface area contributed by atoms with Crippen molar-refractivity contribution >= 4 is 29.1 Å². The highest BCUT2D eigenvalue weighted by Crippen LogP contribution is 2.43. The first-order valence-corrected chi connectivity index (χ1v) is 12.0. The third-order valence-corrected chi connectivity index (χ3v) is 7.20. The summed E-state index contributed by atoms with van der Waals surface area (Å²) in [6, 6.07) is 18.6. The number of carbonyl (C=O) groups excluding carboxylic acids is 1. The first-order valence-electron chi connectivity index (χ1n) is 11.2. The van der Waals surface area contributed by atoms with Crippen molar-refractivity contribution in [1.82, 2.24) is 4.90 Å². The van der Waals surface area contributed by atoms with E-state index in [9.17, 15) is 4.79 Å². The van der Waals surface area contributed by atoms with Gasteiger partial charge in [0.1, 0.15) is 6.04 Å². The summed E-state index contributed by atoms with van der Waals surface area (Å²) in [6.07, 6.45) is 2.10. The zero-order valence-corrected chi connectivity index (χ0v) is 20.8. The fourth-order valence-electron chi connectivity index (χ4n) is 4.88. The topological polar surface area (TPSA) is 64.8 Å². The van der Waals surface area contributed by atoms with Crippen LogP contribution in [-0.4, -0.2) is 31.6 Å². The fraction of sp³-hybridized carbons (Fsp3) is 0.296. The molecule has 1 unspecified atom stereocenters. The van der Waals surface area contributed by atoms with Crippen LogP contribution >= 0.6 is 23.2 Å². The van der Waals surface area contributed by atoms with Gasteiger partial charge in [0, 0.05) is 22.6 Å². The molecule has 0 radical (unpaired) electrons. The summed E-state index contributed by atoms with van der Waals surface area (Å²) in [5.41, 5.74) is 10.0. The summed E-state index contributed by atoms with van der Waals surface area (Å²) in [7, 11) is 3.26. The van der Waals surface area contributed by atoms with E-state index >= 15 is 0 Å². The van der Waals surface area contributed by atoms with E-state index in [4.69, 9.17) is 38.4 Å². The largest absolute Gasteiger partial charge is 0.493 e. The van der Waals surface area contributed by atoms with Crippen LogP contribution in [0.25, 0.3) is 0 Å². The molecule has 0 aromatic heterocycles. The van der Waals surface area contributed by atoms with Crippen LogP contribution in [0.15, 0.2) is 60.7 Å². The Bertz CT molecular complexity index is 1150. The van der Waals surface area contributed by atoms with Crippen molar-refractivity contribution in [2.24, 2.45) is 5.73 Å². The predicted octanol–water partition coefficient (Wildman–Crippen LogP) is 5.77. The van der Waals surface area contributed by atoms with Gasteiger partial charge in [-0.05, 0) is 65.8 Å². The summed E-state index contributed by atoms with van der Waals surface area (Å²) in [6.45, 7) is 0.673. The minimum Gasteiger partial charge on any atom is -0.493 e. The van der Waals surface area contributed by atoms with Gasteiger partial charge in [-0.1, -0.05) is 59.6 Å². The molecule has 5 nitrogen and oxygen atoms in total. The average Bonchev–Trinajstić information content (AvgIpc) is 2.84. The van der Waals surface area contributed by atoms with Gasteiger partial charge in [0.15, 0.2) is 11.5 Å². The molecule has 0 fully saturated rings. The number of ether oxygens (including phenoxy) is 2. The molecule has 0 bridgehead atoms. The molecule has 0 spiro atoms. The lowest BCUT2D eigenvalue weighted by atomic mass is 9.86. The third-order valence-electron chi connectivity index (χ3n) is 6.49. The third kappa shape index (κ3) is 4.88. The van der Waals surface area contributed by atoms with Gasteiger partial charge in [0.2, 0.25) is 5.91 Å². The lowest BCUT2D eigenvalue weighted by Crippen LogP contribution is -2.44. The van der Waals surface area contributed by atoms with Crippen LogP contribution < -0.4 is 15.2 Å². The van der Waals surface area contributed by atoms with Crippen molar-refractivity contribution < 1.29 is 14.3 Å². The Balaban J connectivity index is 1.78. The molecule has 178 valence electrons. The molecular weight excluding hydrogens is 471 g/mol. The van der Waals surface area contributed by atoms with Crippen LogP contribution in [0.4, 0.5) is 0 Å². The number of fused-ring (bicyclic) bond motifs is 1. The number of nitrogens with two attached hydrogens (primary N) is 1. The van der Waals surface area contributed by atoms with Crippen LogP contribution in [0.1, 0.15) is 40.8 Å². The van der Waals surface area contributed by atoms with Crippen LogP contribution in [0.2, 0.25) is 10.0 Å². The highest BCUT2D eigenvalue weighted by Gasteiger charge is 2.36.